The Labute approximate surface area is 253 Å². The monoisotopic (exact) mass is 564 g/mol. The molecule has 1 nitrogen and oxygen atoms in total. The lowest BCUT2D eigenvalue weighted by atomic mass is 9.85. The summed E-state index contributed by atoms with van der Waals surface area (Å²) in [6, 6.07) is 49.5. The highest BCUT2D eigenvalue weighted by atomic mass is 19.1. The average Bonchev–Trinajstić information content (AvgIpc) is 3.51. The van der Waals surface area contributed by atoms with E-state index in [0.717, 1.165) is 65.7 Å². The van der Waals surface area contributed by atoms with E-state index in [1.807, 2.05) is 42.7 Å². The van der Waals surface area contributed by atoms with Crippen LogP contribution in [0.1, 0.15) is 0 Å². The molecule has 0 amide bonds. The van der Waals surface area contributed by atoms with Crippen LogP contribution in [0, 0.1) is 5.82 Å². The van der Waals surface area contributed by atoms with E-state index in [2.05, 4.69) is 97.1 Å². The van der Waals surface area contributed by atoms with Crippen molar-refractivity contribution < 1.29 is 8.81 Å². The fourth-order valence-electron chi connectivity index (χ4n) is 6.94. The van der Waals surface area contributed by atoms with Gasteiger partial charge >= 0.3 is 0 Å². The number of hydrogen-bond donors (Lipinski definition) is 0. The first kappa shape index (κ1) is 24.8. The number of fused-ring (bicyclic) bond motifs is 7. The smallest absolute Gasteiger partial charge is 0.142 e. The van der Waals surface area contributed by atoms with Crippen molar-refractivity contribution in [1.82, 2.24) is 0 Å². The van der Waals surface area contributed by atoms with Gasteiger partial charge in [-0.25, -0.2) is 4.39 Å². The fourth-order valence-corrected chi connectivity index (χ4v) is 6.94. The van der Waals surface area contributed by atoms with Gasteiger partial charge in [0.25, 0.3) is 0 Å². The van der Waals surface area contributed by atoms with Crippen LogP contribution in [0.4, 0.5) is 4.39 Å². The lowest BCUT2D eigenvalue weighted by Gasteiger charge is -2.18. The van der Waals surface area contributed by atoms with Crippen molar-refractivity contribution in [3.05, 3.63) is 158 Å². The molecule has 0 spiro atoms. The van der Waals surface area contributed by atoms with Crippen LogP contribution in [-0.2, 0) is 0 Å². The standard InChI is InChI=1S/C42H25FO/c43-39-16-8-15-32(26-9-2-1-3-10-26)41(39)36-20-18-30-23-28-12-4-5-13-29(28)24-37(30)40(36)38-25-44-42-34-19-17-27-11-6-7-14-31(27)33(34)21-22-35(38)42/h1-25H. The number of halogens is 1. The minimum Gasteiger partial charge on any atom is -0.463 e. The second-order valence-electron chi connectivity index (χ2n) is 11.4. The van der Waals surface area contributed by atoms with Crippen molar-refractivity contribution in [2.75, 3.05) is 0 Å². The van der Waals surface area contributed by atoms with E-state index in [4.69, 9.17) is 4.42 Å². The molecule has 0 N–H and O–H groups in total. The summed E-state index contributed by atoms with van der Waals surface area (Å²) in [5.74, 6) is -0.252. The van der Waals surface area contributed by atoms with Crippen LogP contribution in [0.25, 0.3) is 87.4 Å². The highest BCUT2D eigenvalue weighted by Gasteiger charge is 2.22. The topological polar surface area (TPSA) is 13.1 Å². The summed E-state index contributed by atoms with van der Waals surface area (Å²) in [7, 11) is 0. The Morgan fingerprint density at radius 2 is 1.09 bits per heavy atom. The van der Waals surface area contributed by atoms with Gasteiger partial charge in [-0.2, -0.15) is 0 Å². The zero-order chi connectivity index (χ0) is 29.2. The Morgan fingerprint density at radius 1 is 0.386 bits per heavy atom. The quantitative estimate of drug-likeness (QED) is 0.154. The average molecular weight is 565 g/mol. The Balaban J connectivity index is 1.41. The molecule has 0 saturated heterocycles. The summed E-state index contributed by atoms with van der Waals surface area (Å²) >= 11 is 0. The number of furan rings is 1. The normalized spacial score (nSPS) is 11.8. The van der Waals surface area contributed by atoms with Crippen molar-refractivity contribution in [2.24, 2.45) is 0 Å². The predicted molar refractivity (Wildman–Crippen MR) is 183 cm³/mol. The van der Waals surface area contributed by atoms with Crippen molar-refractivity contribution in [3.8, 4) is 33.4 Å². The Hall–Kier alpha value is -5.73. The molecule has 0 bridgehead atoms. The van der Waals surface area contributed by atoms with Gasteiger partial charge in [0.15, 0.2) is 0 Å². The molecule has 2 heteroatoms. The van der Waals surface area contributed by atoms with Gasteiger partial charge in [0.2, 0.25) is 0 Å². The summed E-state index contributed by atoms with van der Waals surface area (Å²) in [5.41, 5.74) is 6.01. The van der Waals surface area contributed by atoms with Gasteiger partial charge in [0.05, 0.1) is 6.26 Å². The first-order valence-electron chi connectivity index (χ1n) is 14.9. The molecule has 0 saturated carbocycles. The van der Waals surface area contributed by atoms with Crippen LogP contribution in [-0.4, -0.2) is 0 Å². The Bertz CT molecular complexity index is 2560. The van der Waals surface area contributed by atoms with Crippen molar-refractivity contribution in [3.63, 3.8) is 0 Å². The zero-order valence-corrected chi connectivity index (χ0v) is 23.7. The molecule has 0 aliphatic heterocycles. The third-order valence-corrected chi connectivity index (χ3v) is 8.98. The molecule has 0 atom stereocenters. The molecule has 9 rings (SSSR count). The van der Waals surface area contributed by atoms with Crippen LogP contribution in [0.15, 0.2) is 156 Å². The van der Waals surface area contributed by atoms with E-state index in [1.165, 1.54) is 16.2 Å². The van der Waals surface area contributed by atoms with Crippen LogP contribution in [0.5, 0.6) is 0 Å². The van der Waals surface area contributed by atoms with E-state index in [0.29, 0.717) is 5.56 Å². The van der Waals surface area contributed by atoms with Gasteiger partial charge in [-0.1, -0.05) is 115 Å². The van der Waals surface area contributed by atoms with Gasteiger partial charge in [0, 0.05) is 27.5 Å². The lowest BCUT2D eigenvalue weighted by molar-refractivity contribution is 0.620. The second-order valence-corrected chi connectivity index (χ2v) is 11.4. The van der Waals surface area contributed by atoms with Crippen LogP contribution < -0.4 is 0 Å². The maximum atomic E-state index is 16.1. The molecule has 44 heavy (non-hydrogen) atoms. The molecule has 0 fully saturated rings. The van der Waals surface area contributed by atoms with E-state index in [-0.39, 0.29) is 5.82 Å². The molecule has 0 unspecified atom stereocenters. The van der Waals surface area contributed by atoms with E-state index < -0.39 is 0 Å². The molecule has 206 valence electrons. The number of hydrogen-bond acceptors (Lipinski definition) is 1. The minimum absolute atomic E-state index is 0.252. The Kier molecular flexibility index (Phi) is 5.45. The zero-order valence-electron chi connectivity index (χ0n) is 23.7. The first-order chi connectivity index (χ1) is 21.7. The molecule has 1 heterocycles. The van der Waals surface area contributed by atoms with E-state index >= 15 is 4.39 Å². The molecular weight excluding hydrogens is 539 g/mol. The van der Waals surface area contributed by atoms with Gasteiger partial charge in [-0.15, -0.1) is 0 Å². The van der Waals surface area contributed by atoms with Gasteiger partial charge in [0.1, 0.15) is 11.4 Å². The van der Waals surface area contributed by atoms with Crippen LogP contribution >= 0.6 is 0 Å². The molecule has 0 radical (unpaired) electrons. The van der Waals surface area contributed by atoms with E-state index in [1.54, 1.807) is 12.1 Å². The molecule has 1 aromatic heterocycles. The van der Waals surface area contributed by atoms with Crippen LogP contribution in [0.3, 0.4) is 0 Å². The van der Waals surface area contributed by atoms with Crippen molar-refractivity contribution >= 4 is 54.1 Å². The van der Waals surface area contributed by atoms with Gasteiger partial charge in [-0.3, -0.25) is 0 Å². The first-order valence-corrected chi connectivity index (χ1v) is 14.9. The fraction of sp³-hybridized carbons (Fsp3) is 0. The maximum Gasteiger partial charge on any atom is 0.142 e. The van der Waals surface area contributed by atoms with E-state index in [9.17, 15) is 0 Å². The van der Waals surface area contributed by atoms with Crippen molar-refractivity contribution in [2.45, 2.75) is 0 Å². The summed E-state index contributed by atoms with van der Waals surface area (Å²) in [4.78, 5) is 0. The molecule has 9 aromatic rings. The second kappa shape index (κ2) is 9.65. The minimum atomic E-state index is -0.252. The highest BCUT2D eigenvalue weighted by Crippen LogP contribution is 2.47. The third-order valence-electron chi connectivity index (χ3n) is 8.98. The molecule has 0 aliphatic rings. The molecule has 8 aromatic carbocycles. The highest BCUT2D eigenvalue weighted by molar-refractivity contribution is 6.20. The summed E-state index contributed by atoms with van der Waals surface area (Å²) in [6.45, 7) is 0. The summed E-state index contributed by atoms with van der Waals surface area (Å²) < 4.78 is 22.6. The van der Waals surface area contributed by atoms with Crippen LogP contribution in [0.2, 0.25) is 0 Å². The molecular formula is C42H25FO. The summed E-state index contributed by atoms with van der Waals surface area (Å²) in [6.07, 6.45) is 1.86. The van der Waals surface area contributed by atoms with Gasteiger partial charge < -0.3 is 4.42 Å². The number of rotatable bonds is 3. The Morgan fingerprint density at radius 3 is 1.95 bits per heavy atom. The number of benzene rings is 8. The predicted octanol–water partition coefficient (Wildman–Crippen LogP) is 12.2. The van der Waals surface area contributed by atoms with Crippen molar-refractivity contribution in [1.29, 1.82) is 0 Å². The maximum absolute atomic E-state index is 16.1. The SMILES string of the molecule is Fc1cccc(-c2ccccc2)c1-c1ccc2cc3ccccc3cc2c1-c1coc2c1ccc1c3ccccc3ccc12. The molecule has 0 aliphatic carbocycles. The third kappa shape index (κ3) is 3.71. The summed E-state index contributed by atoms with van der Waals surface area (Å²) in [5, 5.41) is 10.1. The lowest BCUT2D eigenvalue weighted by Crippen LogP contribution is -1.94. The van der Waals surface area contributed by atoms with Gasteiger partial charge in [-0.05, 0) is 84.7 Å². The largest absolute Gasteiger partial charge is 0.463 e.